The number of nitrogens with two attached hydrogens (primary N) is 1. The van der Waals surface area contributed by atoms with E-state index in [-0.39, 0.29) is 11.6 Å². The summed E-state index contributed by atoms with van der Waals surface area (Å²) in [7, 11) is 3.20. The summed E-state index contributed by atoms with van der Waals surface area (Å²) < 4.78 is 10.0. The Hall–Kier alpha value is -1.60. The number of aryl methyl sites for hydroxylation is 1. The van der Waals surface area contributed by atoms with Gasteiger partial charge >= 0.3 is 0 Å². The van der Waals surface area contributed by atoms with Crippen LogP contribution in [0.15, 0.2) is 0 Å². The lowest BCUT2D eigenvalue weighted by molar-refractivity contribution is 0.0623. The van der Waals surface area contributed by atoms with Crippen LogP contribution in [0.1, 0.15) is 29.5 Å². The first-order chi connectivity index (χ1) is 9.65. The van der Waals surface area contributed by atoms with Crippen LogP contribution in [-0.4, -0.2) is 61.5 Å². The van der Waals surface area contributed by atoms with Gasteiger partial charge in [0.05, 0.1) is 24.6 Å². The van der Waals surface area contributed by atoms with Crippen molar-refractivity contribution >= 4 is 11.6 Å². The highest BCUT2D eigenvalue weighted by molar-refractivity contribution is 5.97. The van der Waals surface area contributed by atoms with Crippen LogP contribution in [0.3, 0.4) is 0 Å². The molecule has 0 saturated heterocycles. The van der Waals surface area contributed by atoms with Crippen LogP contribution in [-0.2, 0) is 15.9 Å². The van der Waals surface area contributed by atoms with Crippen LogP contribution >= 0.6 is 0 Å². The molecule has 20 heavy (non-hydrogen) atoms. The molecular formula is C13H24N4O3. The van der Waals surface area contributed by atoms with E-state index in [1.807, 2.05) is 6.92 Å². The van der Waals surface area contributed by atoms with Crippen molar-refractivity contribution in [2.45, 2.75) is 19.8 Å². The van der Waals surface area contributed by atoms with Gasteiger partial charge in [0.1, 0.15) is 0 Å². The molecule has 0 atom stereocenters. The van der Waals surface area contributed by atoms with Crippen molar-refractivity contribution in [1.29, 1.82) is 0 Å². The highest BCUT2D eigenvalue weighted by atomic mass is 16.5. The maximum atomic E-state index is 12.4. The Morgan fingerprint density at radius 2 is 1.90 bits per heavy atom. The second-order valence-electron chi connectivity index (χ2n) is 4.49. The fourth-order valence-electron chi connectivity index (χ4n) is 1.86. The van der Waals surface area contributed by atoms with Gasteiger partial charge in [0.2, 0.25) is 0 Å². The highest BCUT2D eigenvalue weighted by Crippen LogP contribution is 2.17. The molecule has 0 saturated carbocycles. The van der Waals surface area contributed by atoms with Crippen molar-refractivity contribution < 1.29 is 14.3 Å². The maximum Gasteiger partial charge on any atom is 0.276 e. The van der Waals surface area contributed by atoms with Crippen molar-refractivity contribution in [3.8, 4) is 0 Å². The van der Waals surface area contributed by atoms with Gasteiger partial charge in [0.15, 0.2) is 5.69 Å². The fourth-order valence-corrected chi connectivity index (χ4v) is 1.86. The summed E-state index contributed by atoms with van der Waals surface area (Å²) in [5.41, 5.74) is 7.52. The summed E-state index contributed by atoms with van der Waals surface area (Å²) in [6, 6.07) is 0. The molecule has 0 unspecified atom stereocenters. The van der Waals surface area contributed by atoms with E-state index in [4.69, 9.17) is 15.2 Å². The molecule has 0 bridgehead atoms. The molecule has 1 heterocycles. The molecule has 114 valence electrons. The monoisotopic (exact) mass is 284 g/mol. The Labute approximate surface area is 119 Å². The number of nitrogens with one attached hydrogen (secondary N) is 1. The van der Waals surface area contributed by atoms with Gasteiger partial charge in [-0.3, -0.25) is 9.89 Å². The molecule has 3 N–H and O–H groups in total. The van der Waals surface area contributed by atoms with Crippen molar-refractivity contribution in [2.75, 3.05) is 46.3 Å². The largest absolute Gasteiger partial charge is 0.395 e. The number of H-pyrrole nitrogens is 1. The van der Waals surface area contributed by atoms with Crippen LogP contribution in [0, 0.1) is 0 Å². The van der Waals surface area contributed by atoms with Crippen molar-refractivity contribution in [1.82, 2.24) is 15.1 Å². The smallest absolute Gasteiger partial charge is 0.276 e. The molecule has 1 aromatic rings. The van der Waals surface area contributed by atoms with E-state index >= 15 is 0 Å². The Kier molecular flexibility index (Phi) is 7.03. The predicted molar refractivity (Wildman–Crippen MR) is 76.7 cm³/mol. The van der Waals surface area contributed by atoms with Crippen molar-refractivity contribution in [3.63, 3.8) is 0 Å². The van der Waals surface area contributed by atoms with Crippen molar-refractivity contribution in [3.05, 3.63) is 11.4 Å². The van der Waals surface area contributed by atoms with Gasteiger partial charge in [-0.25, -0.2) is 0 Å². The summed E-state index contributed by atoms with van der Waals surface area (Å²) in [4.78, 5) is 14.1. The van der Waals surface area contributed by atoms with E-state index in [1.54, 1.807) is 19.1 Å². The maximum absolute atomic E-state index is 12.4. The number of nitrogens with zero attached hydrogens (tertiary/aromatic N) is 2. The third kappa shape index (κ3) is 4.21. The lowest BCUT2D eigenvalue weighted by atomic mass is 10.2. The number of carbonyl (C=O) groups excluding carboxylic acids is 1. The summed E-state index contributed by atoms with van der Waals surface area (Å²) in [6.45, 7) is 3.93. The van der Waals surface area contributed by atoms with E-state index in [0.717, 1.165) is 18.5 Å². The van der Waals surface area contributed by atoms with Gasteiger partial charge in [0.25, 0.3) is 5.91 Å². The third-order valence-corrected chi connectivity index (χ3v) is 3.00. The Bertz CT molecular complexity index is 412. The van der Waals surface area contributed by atoms with Gasteiger partial charge in [-0.1, -0.05) is 13.3 Å². The first-order valence-electron chi connectivity index (χ1n) is 6.75. The molecule has 1 aromatic heterocycles. The van der Waals surface area contributed by atoms with Crippen LogP contribution < -0.4 is 5.73 Å². The summed E-state index contributed by atoms with van der Waals surface area (Å²) in [6.07, 6.45) is 1.72. The molecule has 7 nitrogen and oxygen atoms in total. The number of amides is 1. The average molecular weight is 284 g/mol. The van der Waals surface area contributed by atoms with E-state index in [0.29, 0.717) is 32.0 Å². The zero-order chi connectivity index (χ0) is 15.0. The lowest BCUT2D eigenvalue weighted by Gasteiger charge is -2.21. The minimum Gasteiger partial charge on any atom is -0.395 e. The van der Waals surface area contributed by atoms with Gasteiger partial charge in [-0.2, -0.15) is 5.10 Å². The second-order valence-corrected chi connectivity index (χ2v) is 4.49. The molecule has 0 spiro atoms. The summed E-state index contributed by atoms with van der Waals surface area (Å²) >= 11 is 0. The van der Waals surface area contributed by atoms with Gasteiger partial charge in [-0.05, 0) is 6.42 Å². The van der Waals surface area contributed by atoms with Crippen LogP contribution in [0.2, 0.25) is 0 Å². The van der Waals surface area contributed by atoms with E-state index in [2.05, 4.69) is 10.2 Å². The first-order valence-corrected chi connectivity index (χ1v) is 6.75. The number of nitrogen functional groups attached to an aromatic ring is 1. The Morgan fingerprint density at radius 3 is 2.40 bits per heavy atom. The Balaban J connectivity index is 2.81. The van der Waals surface area contributed by atoms with Crippen molar-refractivity contribution in [2.24, 2.45) is 0 Å². The van der Waals surface area contributed by atoms with Crippen LogP contribution in [0.5, 0.6) is 0 Å². The summed E-state index contributed by atoms with van der Waals surface area (Å²) in [5.74, 6) is -0.199. The van der Waals surface area contributed by atoms with Gasteiger partial charge in [-0.15, -0.1) is 0 Å². The molecule has 0 aliphatic carbocycles. The zero-order valence-electron chi connectivity index (χ0n) is 12.4. The number of aromatic amines is 1. The van der Waals surface area contributed by atoms with Gasteiger partial charge < -0.3 is 20.1 Å². The summed E-state index contributed by atoms with van der Waals surface area (Å²) in [5, 5.41) is 6.89. The van der Waals surface area contributed by atoms with Gasteiger partial charge in [0, 0.05) is 27.3 Å². The molecule has 0 radical (unpaired) electrons. The molecule has 1 rings (SSSR count). The zero-order valence-corrected chi connectivity index (χ0v) is 12.4. The normalized spacial score (nSPS) is 10.8. The molecule has 0 aromatic carbocycles. The molecule has 1 amide bonds. The van der Waals surface area contributed by atoms with Crippen LogP contribution in [0.25, 0.3) is 0 Å². The standard InChI is InChI=1S/C13H24N4O3/c1-4-5-10-11(14)12(16-15-10)13(18)17(6-8-19-2)7-9-20-3/h4-9,14H2,1-3H3,(H,15,16). The number of hydrogen-bond donors (Lipinski definition) is 2. The number of aromatic nitrogens is 2. The number of carbonyl (C=O) groups is 1. The number of ether oxygens (including phenoxy) is 2. The number of methoxy groups -OCH3 is 2. The van der Waals surface area contributed by atoms with E-state index < -0.39 is 0 Å². The SMILES string of the molecule is CCCc1[nH]nc(C(=O)N(CCOC)CCOC)c1N. The van der Waals surface area contributed by atoms with E-state index in [1.165, 1.54) is 0 Å². The van der Waals surface area contributed by atoms with Crippen LogP contribution in [0.4, 0.5) is 5.69 Å². The quantitative estimate of drug-likeness (QED) is 0.695. The minimum atomic E-state index is -0.199. The molecule has 7 heteroatoms. The second kappa shape index (κ2) is 8.55. The molecule has 0 fully saturated rings. The number of hydrogen-bond acceptors (Lipinski definition) is 5. The first kappa shape index (κ1) is 16.5. The average Bonchev–Trinajstić information content (AvgIpc) is 2.80. The molecular weight excluding hydrogens is 260 g/mol. The lowest BCUT2D eigenvalue weighted by Crippen LogP contribution is -2.37. The topological polar surface area (TPSA) is 93.5 Å². The predicted octanol–water partition coefficient (Wildman–Crippen LogP) is 0.679. The number of rotatable bonds is 9. The molecule has 0 aliphatic rings. The minimum absolute atomic E-state index is 0.199. The Morgan fingerprint density at radius 1 is 1.30 bits per heavy atom. The van der Waals surface area contributed by atoms with E-state index in [9.17, 15) is 4.79 Å². The fraction of sp³-hybridized carbons (Fsp3) is 0.692. The third-order valence-electron chi connectivity index (χ3n) is 3.00. The highest BCUT2D eigenvalue weighted by Gasteiger charge is 2.22. The molecule has 0 aliphatic heterocycles. The number of anilines is 1.